The van der Waals surface area contributed by atoms with Crippen LogP contribution in [-0.4, -0.2) is 28.5 Å². The van der Waals surface area contributed by atoms with Crippen LogP contribution in [0.5, 0.6) is 0 Å². The molecule has 0 aliphatic rings. The lowest BCUT2D eigenvalue weighted by atomic mass is 9.99. The van der Waals surface area contributed by atoms with E-state index in [9.17, 15) is 22.8 Å². The molecule has 0 radical (unpaired) electrons. The van der Waals surface area contributed by atoms with E-state index in [0.29, 0.717) is 16.6 Å². The van der Waals surface area contributed by atoms with E-state index in [1.54, 1.807) is 24.3 Å². The second kappa shape index (κ2) is 9.80. The summed E-state index contributed by atoms with van der Waals surface area (Å²) in [6, 6.07) is 23.2. The molecule has 0 bridgehead atoms. The van der Waals surface area contributed by atoms with Crippen molar-refractivity contribution in [1.82, 2.24) is 9.97 Å². The van der Waals surface area contributed by atoms with E-state index >= 15 is 0 Å². The number of ether oxygens (including phenoxy) is 1. The summed E-state index contributed by atoms with van der Waals surface area (Å²) >= 11 is 0.757. The Labute approximate surface area is 222 Å². The van der Waals surface area contributed by atoms with Crippen molar-refractivity contribution in [1.29, 1.82) is 0 Å². The molecule has 6 rings (SSSR count). The van der Waals surface area contributed by atoms with Gasteiger partial charge in [0.2, 0.25) is 0 Å². The molecule has 0 spiro atoms. The molecule has 4 aromatic carbocycles. The van der Waals surface area contributed by atoms with Crippen LogP contribution < -0.4 is 5.32 Å². The minimum atomic E-state index is -1.65. The van der Waals surface area contributed by atoms with Crippen molar-refractivity contribution in [3.63, 3.8) is 0 Å². The number of esters is 1. The highest BCUT2D eigenvalue weighted by molar-refractivity contribution is 7.22. The molecule has 0 aliphatic carbocycles. The van der Waals surface area contributed by atoms with Gasteiger partial charge in [0.1, 0.15) is 5.52 Å². The van der Waals surface area contributed by atoms with E-state index in [0.717, 1.165) is 33.7 Å². The number of pyridine rings is 1. The highest BCUT2D eigenvalue weighted by Gasteiger charge is 2.20. The molecule has 0 aliphatic heterocycles. The molecule has 6 nitrogen and oxygen atoms in total. The maximum atomic E-state index is 14.0. The second-order valence-electron chi connectivity index (χ2n) is 8.58. The summed E-state index contributed by atoms with van der Waals surface area (Å²) in [5, 5.41) is 4.81. The summed E-state index contributed by atoms with van der Waals surface area (Å²) in [7, 11) is 0. The Hall–Kier alpha value is -4.83. The Bertz CT molecular complexity index is 1930. The van der Waals surface area contributed by atoms with Crippen LogP contribution in [0.15, 0.2) is 78.9 Å². The SMILES string of the molecule is O=C(COC(=O)c1cc(-c2cccc3ccccc23)nc2ccccc12)Nc1nc2c(F)c(F)c(F)cc2s1. The number of anilines is 1. The number of nitrogens with zero attached hydrogens (tertiary/aromatic N) is 2. The molecule has 1 amide bonds. The maximum absolute atomic E-state index is 14.0. The minimum absolute atomic E-state index is 0.0166. The summed E-state index contributed by atoms with van der Waals surface area (Å²) < 4.78 is 46.3. The van der Waals surface area contributed by atoms with Gasteiger partial charge in [-0.05, 0) is 29.0 Å². The highest BCUT2D eigenvalue weighted by Crippen LogP contribution is 2.32. The van der Waals surface area contributed by atoms with Crippen LogP contribution in [0.25, 0.3) is 43.1 Å². The van der Waals surface area contributed by atoms with Crippen molar-refractivity contribution in [2.75, 3.05) is 11.9 Å². The molecule has 0 atom stereocenters. The van der Waals surface area contributed by atoms with Crippen molar-refractivity contribution in [2.45, 2.75) is 0 Å². The number of hydrogen-bond donors (Lipinski definition) is 1. The van der Waals surface area contributed by atoms with E-state index < -0.39 is 41.5 Å². The summed E-state index contributed by atoms with van der Waals surface area (Å²) in [6.45, 7) is -0.666. The highest BCUT2D eigenvalue weighted by atomic mass is 32.1. The van der Waals surface area contributed by atoms with Gasteiger partial charge in [-0.25, -0.2) is 27.9 Å². The maximum Gasteiger partial charge on any atom is 0.339 e. The van der Waals surface area contributed by atoms with Crippen molar-refractivity contribution in [3.8, 4) is 11.3 Å². The van der Waals surface area contributed by atoms with Crippen molar-refractivity contribution >= 4 is 60.2 Å². The molecule has 0 saturated carbocycles. The van der Waals surface area contributed by atoms with Gasteiger partial charge in [-0.15, -0.1) is 0 Å². The molecule has 0 unspecified atom stereocenters. The summed E-state index contributed by atoms with van der Waals surface area (Å²) in [4.78, 5) is 34.2. The molecule has 39 heavy (non-hydrogen) atoms. The normalized spacial score (nSPS) is 11.3. The number of carbonyl (C=O) groups is 2. The van der Waals surface area contributed by atoms with Gasteiger partial charge >= 0.3 is 5.97 Å². The molecular weight excluding hydrogens is 527 g/mol. The van der Waals surface area contributed by atoms with Crippen LogP contribution in [0.4, 0.5) is 18.3 Å². The number of rotatable bonds is 5. The molecule has 192 valence electrons. The predicted molar refractivity (Wildman–Crippen MR) is 143 cm³/mol. The molecule has 6 aromatic rings. The molecular formula is C29H16F3N3O3S. The average Bonchev–Trinajstić information content (AvgIpc) is 3.35. The zero-order valence-electron chi connectivity index (χ0n) is 19.9. The molecule has 10 heteroatoms. The van der Waals surface area contributed by atoms with Gasteiger partial charge in [0.15, 0.2) is 29.2 Å². The number of aromatic nitrogens is 2. The Kier molecular flexibility index (Phi) is 6.16. The van der Waals surface area contributed by atoms with Gasteiger partial charge in [0.25, 0.3) is 5.91 Å². The Morgan fingerprint density at radius 2 is 1.59 bits per heavy atom. The van der Waals surface area contributed by atoms with Crippen LogP contribution in [-0.2, 0) is 9.53 Å². The summed E-state index contributed by atoms with van der Waals surface area (Å²) in [6.07, 6.45) is 0. The number of amides is 1. The Morgan fingerprint density at radius 1 is 0.846 bits per heavy atom. The standard InChI is InChI=1S/C29H16F3N3O3S/c30-20-13-23-27(26(32)25(20)31)35-29(39-23)34-24(36)14-38-28(37)19-12-22(33-21-11-4-3-9-18(19)21)17-10-5-7-15-6-1-2-8-16(15)17/h1-13H,14H2,(H,34,35,36). The zero-order chi connectivity index (χ0) is 27.1. The number of thiazole rings is 1. The van der Waals surface area contributed by atoms with E-state index in [1.165, 1.54) is 0 Å². The number of para-hydroxylation sites is 1. The smallest absolute Gasteiger partial charge is 0.339 e. The van der Waals surface area contributed by atoms with Crippen molar-refractivity contribution in [3.05, 3.63) is 102 Å². The Morgan fingerprint density at radius 3 is 2.44 bits per heavy atom. The monoisotopic (exact) mass is 543 g/mol. The van der Waals surface area contributed by atoms with Crippen LogP contribution in [0.3, 0.4) is 0 Å². The molecule has 0 saturated heterocycles. The van der Waals surface area contributed by atoms with E-state index in [4.69, 9.17) is 9.72 Å². The van der Waals surface area contributed by atoms with Gasteiger partial charge in [-0.1, -0.05) is 72.0 Å². The number of benzene rings is 4. The predicted octanol–water partition coefficient (Wildman–Crippen LogP) is 6.88. The van der Waals surface area contributed by atoms with E-state index in [2.05, 4.69) is 10.3 Å². The van der Waals surface area contributed by atoms with Gasteiger partial charge in [0.05, 0.1) is 21.5 Å². The molecule has 0 fully saturated rings. The first-order valence-electron chi connectivity index (χ1n) is 11.7. The third kappa shape index (κ3) is 4.55. The lowest BCUT2D eigenvalue weighted by Crippen LogP contribution is -2.21. The largest absolute Gasteiger partial charge is 0.452 e. The van der Waals surface area contributed by atoms with Crippen molar-refractivity contribution < 1.29 is 27.5 Å². The number of carbonyl (C=O) groups excluding carboxylic acids is 2. The van der Waals surface area contributed by atoms with Crippen LogP contribution in [0.1, 0.15) is 10.4 Å². The third-order valence-electron chi connectivity index (χ3n) is 6.10. The Balaban J connectivity index is 1.26. The average molecular weight is 544 g/mol. The van der Waals surface area contributed by atoms with E-state index in [1.807, 2.05) is 48.5 Å². The van der Waals surface area contributed by atoms with Gasteiger partial charge in [-0.2, -0.15) is 0 Å². The topological polar surface area (TPSA) is 81.2 Å². The second-order valence-corrected chi connectivity index (χ2v) is 9.61. The number of hydrogen-bond acceptors (Lipinski definition) is 6. The van der Waals surface area contributed by atoms with Gasteiger partial charge < -0.3 is 4.74 Å². The molecule has 2 heterocycles. The zero-order valence-corrected chi connectivity index (χ0v) is 20.7. The first kappa shape index (κ1) is 24.5. The molecule has 2 aromatic heterocycles. The third-order valence-corrected chi connectivity index (χ3v) is 7.02. The lowest BCUT2D eigenvalue weighted by molar-refractivity contribution is -0.119. The summed E-state index contributed by atoms with van der Waals surface area (Å²) in [5.74, 6) is -5.95. The fourth-order valence-electron chi connectivity index (χ4n) is 4.32. The van der Waals surface area contributed by atoms with Crippen LogP contribution >= 0.6 is 11.3 Å². The molecule has 1 N–H and O–H groups in total. The fraction of sp³-hybridized carbons (Fsp3) is 0.0345. The van der Waals surface area contributed by atoms with Crippen molar-refractivity contribution in [2.24, 2.45) is 0 Å². The lowest BCUT2D eigenvalue weighted by Gasteiger charge is -2.11. The first-order chi connectivity index (χ1) is 18.9. The van der Waals surface area contributed by atoms with Crippen LogP contribution in [0.2, 0.25) is 0 Å². The van der Waals surface area contributed by atoms with Gasteiger partial charge in [-0.3, -0.25) is 10.1 Å². The van der Waals surface area contributed by atoms with E-state index in [-0.39, 0.29) is 15.4 Å². The summed E-state index contributed by atoms with van der Waals surface area (Å²) in [5.41, 5.74) is 1.80. The number of halogens is 3. The van der Waals surface area contributed by atoms with Crippen LogP contribution in [0, 0.1) is 17.5 Å². The first-order valence-corrected chi connectivity index (χ1v) is 12.5. The fourth-order valence-corrected chi connectivity index (χ4v) is 5.23. The number of fused-ring (bicyclic) bond motifs is 3. The quantitative estimate of drug-likeness (QED) is 0.189. The number of nitrogens with one attached hydrogen (secondary N) is 1. The minimum Gasteiger partial charge on any atom is -0.452 e. The van der Waals surface area contributed by atoms with Gasteiger partial charge in [0, 0.05) is 10.9 Å².